The van der Waals surface area contributed by atoms with Crippen molar-refractivity contribution in [2.45, 2.75) is 19.8 Å². The molecule has 0 fully saturated rings. The van der Waals surface area contributed by atoms with Crippen molar-refractivity contribution in [3.8, 4) is 0 Å². The summed E-state index contributed by atoms with van der Waals surface area (Å²) in [6.07, 6.45) is 3.33. The second kappa shape index (κ2) is 5.95. The number of amides is 1. The minimum absolute atomic E-state index is 0.146. The molecule has 0 saturated carbocycles. The van der Waals surface area contributed by atoms with Crippen LogP contribution < -0.4 is 4.90 Å². The third-order valence-corrected chi connectivity index (χ3v) is 2.67. The Hall–Kier alpha value is -2.17. The van der Waals surface area contributed by atoms with E-state index < -0.39 is 0 Å². The quantitative estimate of drug-likeness (QED) is 0.877. The first-order chi connectivity index (χ1) is 8.83. The molecule has 0 atom stereocenters. The highest BCUT2D eigenvalue weighted by Gasteiger charge is 2.19. The van der Waals surface area contributed by atoms with Crippen LogP contribution >= 0.6 is 0 Å². The minimum atomic E-state index is -0.146. The average molecular weight is 244 g/mol. The highest BCUT2D eigenvalue weighted by atomic mass is 16.2. The lowest BCUT2D eigenvalue weighted by Crippen LogP contribution is -2.32. The molecule has 0 aliphatic carbocycles. The number of hydrogen-bond acceptors (Lipinski definition) is 3. The second-order valence-corrected chi connectivity index (χ2v) is 3.98. The Morgan fingerprint density at radius 2 is 2.11 bits per heavy atom. The average Bonchev–Trinajstić information content (AvgIpc) is 2.94. The van der Waals surface area contributed by atoms with E-state index in [0.717, 1.165) is 18.5 Å². The smallest absolute Gasteiger partial charge is 0.295 e. The number of para-hydroxylation sites is 1. The van der Waals surface area contributed by atoms with Crippen LogP contribution in [0.25, 0.3) is 0 Å². The van der Waals surface area contributed by atoms with Crippen LogP contribution in [0.3, 0.4) is 0 Å². The predicted octanol–water partition coefficient (Wildman–Crippen LogP) is 2.25. The first-order valence-electron chi connectivity index (χ1n) is 6.05. The standard InChI is InChI=1S/C13H16N4O/c1-2-3-9-17(11-7-5-4-6-8-11)13(18)12-14-10-15-16-12/h4-8,10H,2-3,9H2,1H3,(H,14,15,16). The molecule has 18 heavy (non-hydrogen) atoms. The molecule has 1 aromatic carbocycles. The number of anilines is 1. The van der Waals surface area contributed by atoms with Crippen molar-refractivity contribution < 1.29 is 4.79 Å². The van der Waals surface area contributed by atoms with Crippen molar-refractivity contribution in [3.63, 3.8) is 0 Å². The largest absolute Gasteiger partial charge is 0.306 e. The summed E-state index contributed by atoms with van der Waals surface area (Å²) in [4.78, 5) is 17.9. The summed E-state index contributed by atoms with van der Waals surface area (Å²) in [6.45, 7) is 2.78. The van der Waals surface area contributed by atoms with E-state index in [9.17, 15) is 4.79 Å². The van der Waals surface area contributed by atoms with Crippen LogP contribution in [-0.2, 0) is 0 Å². The maximum absolute atomic E-state index is 12.3. The summed E-state index contributed by atoms with van der Waals surface area (Å²) in [7, 11) is 0. The topological polar surface area (TPSA) is 61.9 Å². The Labute approximate surface area is 106 Å². The van der Waals surface area contributed by atoms with Crippen LogP contribution in [0.1, 0.15) is 30.4 Å². The van der Waals surface area contributed by atoms with E-state index >= 15 is 0 Å². The summed E-state index contributed by atoms with van der Waals surface area (Å²) < 4.78 is 0. The molecule has 0 aliphatic heterocycles. The molecular formula is C13H16N4O. The molecule has 2 aromatic rings. The first-order valence-corrected chi connectivity index (χ1v) is 6.05. The van der Waals surface area contributed by atoms with Gasteiger partial charge in [0.15, 0.2) is 0 Å². The number of nitrogens with one attached hydrogen (secondary N) is 1. The fourth-order valence-corrected chi connectivity index (χ4v) is 1.71. The van der Waals surface area contributed by atoms with Crippen LogP contribution in [0.2, 0.25) is 0 Å². The third kappa shape index (κ3) is 2.74. The number of H-pyrrole nitrogens is 1. The Morgan fingerprint density at radius 1 is 1.33 bits per heavy atom. The van der Waals surface area contributed by atoms with Crippen LogP contribution in [0.15, 0.2) is 36.7 Å². The van der Waals surface area contributed by atoms with Crippen molar-refractivity contribution in [1.82, 2.24) is 15.2 Å². The van der Waals surface area contributed by atoms with Crippen LogP contribution in [0, 0.1) is 0 Å². The Kier molecular flexibility index (Phi) is 4.06. The van der Waals surface area contributed by atoms with Crippen molar-refractivity contribution in [3.05, 3.63) is 42.5 Å². The first kappa shape index (κ1) is 12.3. The Bertz CT molecular complexity index is 481. The number of unbranched alkanes of at least 4 members (excludes halogenated alkanes) is 1. The molecule has 0 radical (unpaired) electrons. The van der Waals surface area contributed by atoms with Gasteiger partial charge >= 0.3 is 0 Å². The highest BCUT2D eigenvalue weighted by Crippen LogP contribution is 2.16. The van der Waals surface area contributed by atoms with Crippen molar-refractivity contribution in [1.29, 1.82) is 0 Å². The van der Waals surface area contributed by atoms with Gasteiger partial charge < -0.3 is 4.90 Å². The molecule has 1 aromatic heterocycles. The number of hydrogen-bond donors (Lipinski definition) is 1. The molecule has 0 bridgehead atoms. The molecule has 1 N–H and O–H groups in total. The van der Waals surface area contributed by atoms with Gasteiger partial charge in [-0.3, -0.25) is 9.89 Å². The van der Waals surface area contributed by atoms with E-state index in [4.69, 9.17) is 0 Å². The number of aromatic amines is 1. The molecule has 1 amide bonds. The highest BCUT2D eigenvalue weighted by molar-refractivity contribution is 6.03. The normalized spacial score (nSPS) is 10.3. The summed E-state index contributed by atoms with van der Waals surface area (Å²) in [5.74, 6) is 0.127. The van der Waals surface area contributed by atoms with Gasteiger partial charge in [0.25, 0.3) is 5.91 Å². The number of rotatable bonds is 5. The number of aromatic nitrogens is 3. The van der Waals surface area contributed by atoms with Crippen LogP contribution in [-0.4, -0.2) is 27.6 Å². The Balaban J connectivity index is 2.23. The van der Waals surface area contributed by atoms with Gasteiger partial charge in [-0.05, 0) is 18.6 Å². The van der Waals surface area contributed by atoms with Gasteiger partial charge in [0.1, 0.15) is 6.33 Å². The van der Waals surface area contributed by atoms with E-state index in [1.54, 1.807) is 4.90 Å². The predicted molar refractivity (Wildman–Crippen MR) is 69.4 cm³/mol. The van der Waals surface area contributed by atoms with E-state index in [1.807, 2.05) is 30.3 Å². The van der Waals surface area contributed by atoms with Crippen LogP contribution in [0.4, 0.5) is 5.69 Å². The molecule has 5 heteroatoms. The van der Waals surface area contributed by atoms with Gasteiger partial charge in [0.2, 0.25) is 5.82 Å². The zero-order valence-corrected chi connectivity index (χ0v) is 10.3. The number of carbonyl (C=O) groups excluding carboxylic acids is 1. The molecule has 94 valence electrons. The Morgan fingerprint density at radius 3 is 2.72 bits per heavy atom. The van der Waals surface area contributed by atoms with Crippen LogP contribution in [0.5, 0.6) is 0 Å². The lowest BCUT2D eigenvalue weighted by atomic mass is 10.2. The summed E-state index contributed by atoms with van der Waals surface area (Å²) >= 11 is 0. The van der Waals surface area contributed by atoms with Crippen molar-refractivity contribution in [2.24, 2.45) is 0 Å². The summed E-state index contributed by atoms with van der Waals surface area (Å²) in [5, 5.41) is 6.33. The zero-order valence-electron chi connectivity index (χ0n) is 10.3. The van der Waals surface area contributed by atoms with Gasteiger partial charge in [-0.25, -0.2) is 4.98 Å². The molecule has 0 aliphatic rings. The van der Waals surface area contributed by atoms with Crippen molar-refractivity contribution in [2.75, 3.05) is 11.4 Å². The molecule has 0 saturated heterocycles. The number of nitrogens with zero attached hydrogens (tertiary/aromatic N) is 3. The minimum Gasteiger partial charge on any atom is -0.306 e. The number of benzene rings is 1. The van der Waals surface area contributed by atoms with Gasteiger partial charge in [-0.15, -0.1) is 0 Å². The molecule has 1 heterocycles. The fourth-order valence-electron chi connectivity index (χ4n) is 1.71. The monoisotopic (exact) mass is 244 g/mol. The zero-order chi connectivity index (χ0) is 12.8. The lowest BCUT2D eigenvalue weighted by molar-refractivity contribution is 0.0977. The fraction of sp³-hybridized carbons (Fsp3) is 0.308. The summed E-state index contributed by atoms with van der Waals surface area (Å²) in [6, 6.07) is 9.61. The van der Waals surface area contributed by atoms with E-state index in [0.29, 0.717) is 6.54 Å². The van der Waals surface area contributed by atoms with Gasteiger partial charge in [-0.2, -0.15) is 5.10 Å². The van der Waals surface area contributed by atoms with Gasteiger partial charge in [-0.1, -0.05) is 31.5 Å². The molecule has 0 spiro atoms. The van der Waals surface area contributed by atoms with E-state index in [2.05, 4.69) is 22.1 Å². The molecular weight excluding hydrogens is 228 g/mol. The van der Waals surface area contributed by atoms with Crippen molar-refractivity contribution >= 4 is 11.6 Å². The van der Waals surface area contributed by atoms with Gasteiger partial charge in [0, 0.05) is 12.2 Å². The number of carbonyl (C=O) groups is 1. The van der Waals surface area contributed by atoms with Gasteiger partial charge in [0.05, 0.1) is 0 Å². The summed E-state index contributed by atoms with van der Waals surface area (Å²) in [5.41, 5.74) is 0.882. The molecule has 2 rings (SSSR count). The maximum Gasteiger partial charge on any atom is 0.295 e. The maximum atomic E-state index is 12.3. The van der Waals surface area contributed by atoms with E-state index in [1.165, 1.54) is 6.33 Å². The SMILES string of the molecule is CCCCN(C(=O)c1ncn[nH]1)c1ccccc1. The third-order valence-electron chi connectivity index (χ3n) is 2.67. The second-order valence-electron chi connectivity index (χ2n) is 3.98. The lowest BCUT2D eigenvalue weighted by Gasteiger charge is -2.21. The molecule has 0 unspecified atom stereocenters. The molecule has 5 nitrogen and oxygen atoms in total. The van der Waals surface area contributed by atoms with E-state index in [-0.39, 0.29) is 11.7 Å².